The van der Waals surface area contributed by atoms with Gasteiger partial charge in [0.15, 0.2) is 5.75 Å². The average molecular weight is 653 g/mol. The van der Waals surface area contributed by atoms with Crippen molar-refractivity contribution < 1.29 is 9.53 Å². The molecule has 0 fully saturated rings. The van der Waals surface area contributed by atoms with Gasteiger partial charge in [-0.1, -0.05) is 107 Å². The Kier molecular flexibility index (Phi) is 17.3. The Bertz CT molecular complexity index is 1040. The molecule has 0 saturated carbocycles. The van der Waals surface area contributed by atoms with Gasteiger partial charge in [-0.25, -0.2) is 4.79 Å². The summed E-state index contributed by atoms with van der Waals surface area (Å²) < 4.78 is 6.01. The maximum atomic E-state index is 12.7. The Hall–Kier alpha value is -1.83. The third kappa shape index (κ3) is 12.8. The Balaban J connectivity index is 0.00000560. The van der Waals surface area contributed by atoms with E-state index in [-0.39, 0.29) is 23.0 Å². The number of thioether (sulfide) groups is 1. The fourth-order valence-electron chi connectivity index (χ4n) is 4.66. The third-order valence-electron chi connectivity index (χ3n) is 7.03. The van der Waals surface area contributed by atoms with Crippen LogP contribution in [0.25, 0.3) is 0 Å². The number of carbonyl (C=O) groups excluding carboxylic acids is 1. The lowest BCUT2D eigenvalue weighted by atomic mass is 10.1. The Morgan fingerprint density at radius 2 is 1.52 bits per heavy atom. The highest BCUT2D eigenvalue weighted by molar-refractivity contribution is 8.93. The highest BCUT2D eigenvalue weighted by atomic mass is 79.9. The number of urea groups is 1. The van der Waals surface area contributed by atoms with E-state index in [1.54, 1.807) is 6.07 Å². The summed E-state index contributed by atoms with van der Waals surface area (Å²) in [6.45, 7) is 5.85. The van der Waals surface area contributed by atoms with Crippen LogP contribution in [0.15, 0.2) is 53.6 Å². The van der Waals surface area contributed by atoms with Gasteiger partial charge in [-0.15, -0.1) is 28.7 Å². The van der Waals surface area contributed by atoms with E-state index in [0.717, 1.165) is 31.0 Å². The van der Waals surface area contributed by atoms with Crippen molar-refractivity contribution >= 4 is 57.8 Å². The first kappa shape index (κ1) is 34.4. The summed E-state index contributed by atoms with van der Waals surface area (Å²) in [6, 6.07) is 13.1. The SMILES string of the molecule is Br.CCCCCCCCCCCCCCOc1c(Cl)cccc1NC(=O)Nc1ccc(CN2CSC=C2C)cc1. The lowest BCUT2D eigenvalue weighted by Gasteiger charge is -2.19. The molecule has 1 aliphatic rings. The van der Waals surface area contributed by atoms with Gasteiger partial charge >= 0.3 is 6.03 Å². The summed E-state index contributed by atoms with van der Waals surface area (Å²) in [5.74, 6) is 1.51. The monoisotopic (exact) mass is 651 g/mol. The minimum absolute atomic E-state index is 0. The number of hydrogen-bond donors (Lipinski definition) is 2. The predicted octanol–water partition coefficient (Wildman–Crippen LogP) is 11.0. The van der Waals surface area contributed by atoms with E-state index < -0.39 is 0 Å². The van der Waals surface area contributed by atoms with Gasteiger partial charge in [-0.3, -0.25) is 0 Å². The number of benzene rings is 2. The molecule has 5 nitrogen and oxygen atoms in total. The Labute approximate surface area is 261 Å². The number of hydrogen-bond acceptors (Lipinski definition) is 4. The minimum Gasteiger partial charge on any atom is -0.490 e. The van der Waals surface area contributed by atoms with Crippen LogP contribution < -0.4 is 15.4 Å². The van der Waals surface area contributed by atoms with Crippen molar-refractivity contribution in [2.75, 3.05) is 23.1 Å². The lowest BCUT2D eigenvalue weighted by Crippen LogP contribution is -2.20. The van der Waals surface area contributed by atoms with E-state index in [1.807, 2.05) is 36.0 Å². The number of anilines is 2. The number of rotatable bonds is 18. The Morgan fingerprint density at radius 1 is 0.900 bits per heavy atom. The molecule has 222 valence electrons. The second-order valence-corrected chi connectivity index (χ2v) is 11.6. The molecule has 2 amide bonds. The van der Waals surface area contributed by atoms with E-state index in [4.69, 9.17) is 16.3 Å². The van der Waals surface area contributed by atoms with Crippen LogP contribution in [0.2, 0.25) is 5.02 Å². The van der Waals surface area contributed by atoms with Gasteiger partial charge in [0, 0.05) is 17.9 Å². The smallest absolute Gasteiger partial charge is 0.323 e. The lowest BCUT2D eigenvalue weighted by molar-refractivity contribution is 0.261. The van der Waals surface area contributed by atoms with Crippen molar-refractivity contribution in [2.45, 2.75) is 97.4 Å². The number of nitrogens with one attached hydrogen (secondary N) is 2. The third-order valence-corrected chi connectivity index (χ3v) is 8.29. The molecule has 1 heterocycles. The molecule has 2 aromatic rings. The van der Waals surface area contributed by atoms with E-state index in [2.05, 4.69) is 46.9 Å². The van der Waals surface area contributed by atoms with Crippen LogP contribution in [0.4, 0.5) is 16.2 Å². The van der Waals surface area contributed by atoms with Crippen LogP contribution in [0.1, 0.15) is 96.5 Å². The van der Waals surface area contributed by atoms with E-state index >= 15 is 0 Å². The first-order valence-corrected chi connectivity index (χ1v) is 16.1. The van der Waals surface area contributed by atoms with Gasteiger partial charge in [0.25, 0.3) is 0 Å². The highest BCUT2D eigenvalue weighted by Crippen LogP contribution is 2.33. The summed E-state index contributed by atoms with van der Waals surface area (Å²) in [5.41, 5.74) is 3.81. The highest BCUT2D eigenvalue weighted by Gasteiger charge is 2.13. The molecule has 0 radical (unpaired) electrons. The van der Waals surface area contributed by atoms with Crippen molar-refractivity contribution in [2.24, 2.45) is 0 Å². The van der Waals surface area contributed by atoms with Crippen LogP contribution in [-0.4, -0.2) is 23.4 Å². The first-order chi connectivity index (χ1) is 19.1. The van der Waals surface area contributed by atoms with Gasteiger partial charge in [0.2, 0.25) is 0 Å². The van der Waals surface area contributed by atoms with Crippen molar-refractivity contribution in [1.29, 1.82) is 0 Å². The molecule has 2 aromatic carbocycles. The van der Waals surface area contributed by atoms with E-state index in [9.17, 15) is 4.79 Å². The predicted molar refractivity (Wildman–Crippen MR) is 179 cm³/mol. The molecule has 8 heteroatoms. The summed E-state index contributed by atoms with van der Waals surface area (Å²) >= 11 is 8.23. The molecule has 1 aliphatic heterocycles. The van der Waals surface area contributed by atoms with Crippen LogP contribution in [0.3, 0.4) is 0 Å². The molecule has 0 spiro atoms. The molecule has 0 bridgehead atoms. The first-order valence-electron chi connectivity index (χ1n) is 14.7. The van der Waals surface area contributed by atoms with Crippen molar-refractivity contribution in [3.05, 3.63) is 64.2 Å². The normalized spacial score (nSPS) is 12.6. The van der Waals surface area contributed by atoms with Crippen molar-refractivity contribution in [3.63, 3.8) is 0 Å². The maximum absolute atomic E-state index is 12.7. The standard InChI is InChI=1S/C32H46ClN3O2S.BrH/c1-3-4-5-6-7-8-9-10-11-12-13-14-22-38-31-29(33)16-15-17-30(31)35-32(37)34-28-20-18-27(19-21-28)23-36-25-39-24-26(36)2;/h15-21,24H,3-14,22-23,25H2,1-2H3,(H2,34,35,37);1H. The molecular formula is C32H47BrClN3O2S. The number of ether oxygens (including phenoxy) is 1. The van der Waals surface area contributed by atoms with Crippen LogP contribution in [0, 0.1) is 0 Å². The van der Waals surface area contributed by atoms with Gasteiger partial charge in [0.1, 0.15) is 0 Å². The van der Waals surface area contributed by atoms with Crippen LogP contribution >= 0.6 is 40.3 Å². The number of carbonyl (C=O) groups is 1. The van der Waals surface area contributed by atoms with Crippen LogP contribution in [0.5, 0.6) is 5.75 Å². The zero-order chi connectivity index (χ0) is 27.7. The summed E-state index contributed by atoms with van der Waals surface area (Å²) in [4.78, 5) is 15.0. The molecule has 0 atom stereocenters. The van der Waals surface area contributed by atoms with Gasteiger partial charge in [-0.2, -0.15) is 0 Å². The maximum Gasteiger partial charge on any atom is 0.323 e. The van der Waals surface area contributed by atoms with E-state index in [1.165, 1.54) is 75.5 Å². The topological polar surface area (TPSA) is 53.6 Å². The van der Waals surface area contributed by atoms with Gasteiger partial charge in [0.05, 0.1) is 23.2 Å². The molecule has 0 aromatic heterocycles. The number of unbranched alkanes of at least 4 members (excludes halogenated alkanes) is 11. The number of halogens is 2. The number of nitrogens with zero attached hydrogens (tertiary/aromatic N) is 1. The summed E-state index contributed by atoms with van der Waals surface area (Å²) in [5, 5.41) is 8.49. The minimum atomic E-state index is -0.324. The zero-order valence-electron chi connectivity index (χ0n) is 24.2. The molecule has 2 N–H and O–H groups in total. The fourth-order valence-corrected chi connectivity index (χ4v) is 5.83. The average Bonchev–Trinajstić information content (AvgIpc) is 3.33. The molecule has 0 saturated heterocycles. The molecule has 3 rings (SSSR count). The van der Waals surface area contributed by atoms with Crippen LogP contribution in [-0.2, 0) is 6.54 Å². The quantitative estimate of drug-likeness (QED) is 0.157. The summed E-state index contributed by atoms with van der Waals surface area (Å²) in [6.07, 6.45) is 15.6. The zero-order valence-corrected chi connectivity index (χ0v) is 27.5. The second-order valence-electron chi connectivity index (χ2n) is 10.4. The van der Waals surface area contributed by atoms with Gasteiger partial charge < -0.3 is 20.3 Å². The molecule has 40 heavy (non-hydrogen) atoms. The number of para-hydroxylation sites is 1. The largest absolute Gasteiger partial charge is 0.490 e. The fraction of sp³-hybridized carbons (Fsp3) is 0.531. The molecule has 0 unspecified atom stereocenters. The van der Waals surface area contributed by atoms with Crippen molar-refractivity contribution in [3.8, 4) is 5.75 Å². The molecular weight excluding hydrogens is 606 g/mol. The number of amides is 2. The van der Waals surface area contributed by atoms with E-state index in [0.29, 0.717) is 23.1 Å². The molecule has 0 aliphatic carbocycles. The van der Waals surface area contributed by atoms with Crippen molar-refractivity contribution in [1.82, 2.24) is 4.90 Å². The summed E-state index contributed by atoms with van der Waals surface area (Å²) in [7, 11) is 0. The second kappa shape index (κ2) is 20.1. The van der Waals surface area contributed by atoms with Gasteiger partial charge in [-0.05, 0) is 48.6 Å². The number of allylic oxidation sites excluding steroid dienone is 1. The Morgan fingerprint density at radius 3 is 2.12 bits per heavy atom.